The van der Waals surface area contributed by atoms with Gasteiger partial charge in [0.15, 0.2) is 0 Å². The zero-order valence-corrected chi connectivity index (χ0v) is 13.0. The first-order chi connectivity index (χ1) is 10.7. The van der Waals surface area contributed by atoms with E-state index in [1.807, 2.05) is 18.2 Å². The van der Waals surface area contributed by atoms with E-state index >= 15 is 0 Å². The molecule has 0 bridgehead atoms. The number of nitrogens with one attached hydrogen (secondary N) is 1. The molecule has 0 aliphatic carbocycles. The van der Waals surface area contributed by atoms with Gasteiger partial charge in [-0.25, -0.2) is 4.39 Å². The normalized spacial score (nSPS) is 21.8. The second-order valence-electron chi connectivity index (χ2n) is 6.26. The highest BCUT2D eigenvalue weighted by Crippen LogP contribution is 2.25. The average molecular weight is 298 g/mol. The minimum atomic E-state index is -0.126. The summed E-state index contributed by atoms with van der Waals surface area (Å²) in [5.41, 5.74) is 2.01. The van der Waals surface area contributed by atoms with Crippen LogP contribution in [0.2, 0.25) is 0 Å². The van der Waals surface area contributed by atoms with E-state index in [4.69, 9.17) is 0 Å². The third kappa shape index (κ3) is 3.66. The summed E-state index contributed by atoms with van der Waals surface area (Å²) in [6, 6.07) is 17.9. The van der Waals surface area contributed by atoms with Crippen LogP contribution in [0, 0.1) is 11.7 Å². The zero-order valence-electron chi connectivity index (χ0n) is 13.0. The van der Waals surface area contributed by atoms with Gasteiger partial charge in [0.05, 0.1) is 5.69 Å². The van der Waals surface area contributed by atoms with Crippen LogP contribution in [-0.2, 0) is 6.54 Å². The van der Waals surface area contributed by atoms with Gasteiger partial charge in [-0.2, -0.15) is 0 Å². The molecule has 3 heteroatoms. The Morgan fingerprint density at radius 3 is 2.55 bits per heavy atom. The van der Waals surface area contributed by atoms with E-state index in [1.54, 1.807) is 12.1 Å². The summed E-state index contributed by atoms with van der Waals surface area (Å²) in [6.45, 7) is 4.89. The molecule has 116 valence electrons. The van der Waals surface area contributed by atoms with Crippen LogP contribution in [0.1, 0.15) is 18.9 Å². The van der Waals surface area contributed by atoms with Crippen molar-refractivity contribution in [3.63, 3.8) is 0 Å². The first-order valence-corrected chi connectivity index (χ1v) is 7.99. The highest BCUT2D eigenvalue weighted by atomic mass is 19.1. The Labute approximate surface area is 132 Å². The summed E-state index contributed by atoms with van der Waals surface area (Å²) in [5.74, 6) is 0.431. The maximum Gasteiger partial charge on any atom is 0.146 e. The molecule has 3 rings (SSSR count). The summed E-state index contributed by atoms with van der Waals surface area (Å²) in [6.07, 6.45) is 1.14. The molecule has 1 aliphatic rings. The third-order valence-electron chi connectivity index (χ3n) is 4.29. The van der Waals surface area contributed by atoms with E-state index in [0.717, 1.165) is 31.7 Å². The van der Waals surface area contributed by atoms with Crippen LogP contribution in [0.15, 0.2) is 54.6 Å². The van der Waals surface area contributed by atoms with E-state index in [1.165, 1.54) is 5.56 Å². The lowest BCUT2D eigenvalue weighted by atomic mass is 9.95. The summed E-state index contributed by atoms with van der Waals surface area (Å²) >= 11 is 0. The molecular weight excluding hydrogens is 275 g/mol. The van der Waals surface area contributed by atoms with Crippen molar-refractivity contribution < 1.29 is 4.39 Å². The molecule has 1 heterocycles. The van der Waals surface area contributed by atoms with Crippen molar-refractivity contribution >= 4 is 5.69 Å². The van der Waals surface area contributed by atoms with Gasteiger partial charge in [-0.1, -0.05) is 49.4 Å². The summed E-state index contributed by atoms with van der Waals surface area (Å²) in [4.78, 5) is 2.17. The highest BCUT2D eigenvalue weighted by Gasteiger charge is 2.25. The van der Waals surface area contributed by atoms with E-state index in [0.29, 0.717) is 12.0 Å². The molecule has 0 radical (unpaired) electrons. The maximum atomic E-state index is 14.0. The van der Waals surface area contributed by atoms with Gasteiger partial charge < -0.3 is 10.2 Å². The average Bonchev–Trinajstić information content (AvgIpc) is 2.54. The van der Waals surface area contributed by atoms with Crippen molar-refractivity contribution in [1.82, 2.24) is 5.32 Å². The lowest BCUT2D eigenvalue weighted by Crippen LogP contribution is -2.48. The molecule has 1 fully saturated rings. The number of piperidine rings is 1. The Balaban J connectivity index is 1.65. The molecule has 2 aromatic rings. The number of benzene rings is 2. The third-order valence-corrected chi connectivity index (χ3v) is 4.29. The predicted molar refractivity (Wildman–Crippen MR) is 89.5 cm³/mol. The number of hydrogen-bond acceptors (Lipinski definition) is 2. The van der Waals surface area contributed by atoms with Gasteiger partial charge in [-0.05, 0) is 30.0 Å². The molecule has 0 amide bonds. The second kappa shape index (κ2) is 6.93. The van der Waals surface area contributed by atoms with Gasteiger partial charge >= 0.3 is 0 Å². The fraction of sp³-hybridized carbons (Fsp3) is 0.368. The lowest BCUT2D eigenvalue weighted by molar-refractivity contribution is 0.348. The minimum Gasteiger partial charge on any atom is -0.367 e. The maximum absolute atomic E-state index is 14.0. The molecule has 1 N–H and O–H groups in total. The fourth-order valence-electron chi connectivity index (χ4n) is 3.26. The Morgan fingerprint density at radius 1 is 1.05 bits per heavy atom. The van der Waals surface area contributed by atoms with Crippen molar-refractivity contribution in [1.29, 1.82) is 0 Å². The molecular formula is C19H23FN2. The molecule has 2 unspecified atom stereocenters. The van der Waals surface area contributed by atoms with Gasteiger partial charge in [0.25, 0.3) is 0 Å². The molecule has 1 saturated heterocycles. The lowest BCUT2D eigenvalue weighted by Gasteiger charge is -2.38. The van der Waals surface area contributed by atoms with Crippen LogP contribution < -0.4 is 10.2 Å². The van der Waals surface area contributed by atoms with E-state index in [2.05, 4.69) is 41.4 Å². The van der Waals surface area contributed by atoms with Gasteiger partial charge in [-0.15, -0.1) is 0 Å². The smallest absolute Gasteiger partial charge is 0.146 e. The van der Waals surface area contributed by atoms with Gasteiger partial charge in [0.2, 0.25) is 0 Å². The van der Waals surface area contributed by atoms with Crippen LogP contribution in [0.3, 0.4) is 0 Å². The molecule has 1 aliphatic heterocycles. The monoisotopic (exact) mass is 298 g/mol. The van der Waals surface area contributed by atoms with Gasteiger partial charge in [-0.3, -0.25) is 0 Å². The standard InChI is InChI=1S/C19H23FN2/c1-15-11-17(21-12-16-7-3-2-4-8-16)14-22(13-15)19-10-6-5-9-18(19)20/h2-10,15,17,21H,11-14H2,1H3. The predicted octanol–water partition coefficient (Wildman–Crippen LogP) is 3.83. The van der Waals surface area contributed by atoms with Gasteiger partial charge in [0, 0.05) is 25.7 Å². The van der Waals surface area contributed by atoms with E-state index in [-0.39, 0.29) is 5.82 Å². The quantitative estimate of drug-likeness (QED) is 0.923. The minimum absolute atomic E-state index is 0.126. The number of halogens is 1. The number of nitrogens with zero attached hydrogens (tertiary/aromatic N) is 1. The Kier molecular flexibility index (Phi) is 4.74. The first-order valence-electron chi connectivity index (χ1n) is 7.99. The van der Waals surface area contributed by atoms with E-state index in [9.17, 15) is 4.39 Å². The van der Waals surface area contributed by atoms with Crippen LogP contribution >= 0.6 is 0 Å². The molecule has 0 spiro atoms. The van der Waals surface area contributed by atoms with Crippen LogP contribution in [0.4, 0.5) is 10.1 Å². The summed E-state index contributed by atoms with van der Waals surface area (Å²) in [5, 5.41) is 3.62. The topological polar surface area (TPSA) is 15.3 Å². The van der Waals surface area contributed by atoms with Crippen molar-refractivity contribution in [2.24, 2.45) is 5.92 Å². The van der Waals surface area contributed by atoms with Crippen molar-refractivity contribution in [2.75, 3.05) is 18.0 Å². The SMILES string of the molecule is CC1CC(NCc2ccccc2)CN(c2ccccc2F)C1. The molecule has 2 aromatic carbocycles. The Bertz CT molecular complexity index is 599. The Morgan fingerprint density at radius 2 is 1.77 bits per heavy atom. The molecule has 2 nitrogen and oxygen atoms in total. The fourth-order valence-corrected chi connectivity index (χ4v) is 3.26. The van der Waals surface area contributed by atoms with E-state index < -0.39 is 0 Å². The van der Waals surface area contributed by atoms with Crippen LogP contribution in [-0.4, -0.2) is 19.1 Å². The second-order valence-corrected chi connectivity index (χ2v) is 6.26. The number of para-hydroxylation sites is 1. The van der Waals surface area contributed by atoms with Crippen LogP contribution in [0.25, 0.3) is 0 Å². The first kappa shape index (κ1) is 15.0. The van der Waals surface area contributed by atoms with Crippen molar-refractivity contribution in [3.8, 4) is 0 Å². The van der Waals surface area contributed by atoms with Crippen LogP contribution in [0.5, 0.6) is 0 Å². The number of rotatable bonds is 4. The highest BCUT2D eigenvalue weighted by molar-refractivity contribution is 5.48. The van der Waals surface area contributed by atoms with Gasteiger partial charge in [0.1, 0.15) is 5.82 Å². The molecule has 0 aromatic heterocycles. The molecule has 22 heavy (non-hydrogen) atoms. The summed E-state index contributed by atoms with van der Waals surface area (Å²) in [7, 11) is 0. The number of anilines is 1. The largest absolute Gasteiger partial charge is 0.367 e. The zero-order chi connectivity index (χ0) is 15.4. The molecule has 0 saturated carbocycles. The molecule has 2 atom stereocenters. The number of hydrogen-bond donors (Lipinski definition) is 1. The summed E-state index contributed by atoms with van der Waals surface area (Å²) < 4.78 is 14.0. The van der Waals surface area contributed by atoms with Crippen molar-refractivity contribution in [2.45, 2.75) is 25.9 Å². The van der Waals surface area contributed by atoms with Crippen molar-refractivity contribution in [3.05, 3.63) is 66.0 Å². The Hall–Kier alpha value is -1.87.